The van der Waals surface area contributed by atoms with E-state index >= 15 is 0 Å². The van der Waals surface area contributed by atoms with Crippen molar-refractivity contribution in [3.05, 3.63) is 54.1 Å². The largest absolute Gasteiger partial charge is 0.378 e. The number of carbonyl (C=O) groups is 2. The van der Waals surface area contributed by atoms with Crippen LogP contribution in [0.1, 0.15) is 11.6 Å². The first-order valence-corrected chi connectivity index (χ1v) is 10.1. The standard InChI is InChI=1S/C20H21N5O3S/c21-19(27)24-18(26)17(13-4-2-1-3-5-13)22-14-6-7-15-16(12-14)29-20(23-15)25-8-10-28-11-9-25/h1-7,12,17,22H,8-11H2,(H3,21,24,26,27). The van der Waals surface area contributed by atoms with Gasteiger partial charge in [0.1, 0.15) is 6.04 Å². The summed E-state index contributed by atoms with van der Waals surface area (Å²) < 4.78 is 6.42. The minimum absolute atomic E-state index is 0.512. The van der Waals surface area contributed by atoms with Crippen LogP contribution in [0.2, 0.25) is 0 Å². The highest BCUT2D eigenvalue weighted by Gasteiger charge is 2.22. The van der Waals surface area contributed by atoms with Crippen molar-refractivity contribution in [2.75, 3.05) is 36.5 Å². The third-order valence-corrected chi connectivity index (χ3v) is 5.69. The predicted molar refractivity (Wildman–Crippen MR) is 113 cm³/mol. The summed E-state index contributed by atoms with van der Waals surface area (Å²) in [5.41, 5.74) is 7.51. The molecule has 8 nitrogen and oxygen atoms in total. The summed E-state index contributed by atoms with van der Waals surface area (Å²) in [5.74, 6) is -0.512. The second kappa shape index (κ2) is 8.46. The lowest BCUT2D eigenvalue weighted by atomic mass is 10.1. The number of fused-ring (bicyclic) bond motifs is 1. The molecule has 1 saturated heterocycles. The van der Waals surface area contributed by atoms with Crippen molar-refractivity contribution in [2.45, 2.75) is 6.04 Å². The molecule has 9 heteroatoms. The number of hydrogen-bond donors (Lipinski definition) is 3. The Balaban J connectivity index is 1.59. The highest BCUT2D eigenvalue weighted by molar-refractivity contribution is 7.22. The Hall–Kier alpha value is -3.17. The van der Waals surface area contributed by atoms with Crippen LogP contribution in [0.25, 0.3) is 10.2 Å². The molecule has 1 aliphatic heterocycles. The number of thiazole rings is 1. The lowest BCUT2D eigenvalue weighted by molar-refractivity contribution is -0.120. The first-order chi connectivity index (χ1) is 14.1. The van der Waals surface area contributed by atoms with E-state index in [1.807, 2.05) is 48.5 Å². The maximum Gasteiger partial charge on any atom is 0.318 e. The molecule has 1 unspecified atom stereocenters. The van der Waals surface area contributed by atoms with Crippen LogP contribution < -0.4 is 21.3 Å². The number of primary amides is 1. The van der Waals surface area contributed by atoms with Gasteiger partial charge in [-0.15, -0.1) is 0 Å². The number of morpholine rings is 1. The van der Waals surface area contributed by atoms with Crippen molar-refractivity contribution in [1.29, 1.82) is 0 Å². The number of nitrogens with zero attached hydrogens (tertiary/aromatic N) is 2. The maximum atomic E-state index is 12.5. The molecule has 0 aliphatic carbocycles. The lowest BCUT2D eigenvalue weighted by Gasteiger charge is -2.25. The van der Waals surface area contributed by atoms with Gasteiger partial charge in [0.05, 0.1) is 23.4 Å². The van der Waals surface area contributed by atoms with Gasteiger partial charge < -0.3 is 20.7 Å². The van der Waals surface area contributed by atoms with Crippen LogP contribution >= 0.6 is 11.3 Å². The van der Waals surface area contributed by atoms with Gasteiger partial charge in [-0.25, -0.2) is 9.78 Å². The van der Waals surface area contributed by atoms with E-state index < -0.39 is 18.0 Å². The minimum atomic E-state index is -0.884. The van der Waals surface area contributed by atoms with E-state index in [9.17, 15) is 9.59 Å². The number of benzene rings is 2. The molecular weight excluding hydrogens is 390 g/mol. The predicted octanol–water partition coefficient (Wildman–Crippen LogP) is 2.48. The lowest BCUT2D eigenvalue weighted by Crippen LogP contribution is -2.40. The van der Waals surface area contributed by atoms with E-state index in [1.54, 1.807) is 11.3 Å². The normalized spacial score (nSPS) is 15.1. The molecule has 4 N–H and O–H groups in total. The number of nitrogens with two attached hydrogens (primary N) is 1. The van der Waals surface area contributed by atoms with Crippen LogP contribution in [0.3, 0.4) is 0 Å². The summed E-state index contributed by atoms with van der Waals surface area (Å²) in [7, 11) is 0. The molecule has 0 radical (unpaired) electrons. The van der Waals surface area contributed by atoms with E-state index in [4.69, 9.17) is 15.5 Å². The monoisotopic (exact) mass is 411 g/mol. The Kier molecular flexibility index (Phi) is 5.59. The van der Waals surface area contributed by atoms with Gasteiger partial charge in [-0.1, -0.05) is 41.7 Å². The van der Waals surface area contributed by atoms with Crippen LogP contribution in [0.4, 0.5) is 15.6 Å². The zero-order valence-corrected chi connectivity index (χ0v) is 16.4. The van der Waals surface area contributed by atoms with E-state index in [1.165, 1.54) is 0 Å². The zero-order valence-electron chi connectivity index (χ0n) is 15.6. The van der Waals surface area contributed by atoms with Crippen LogP contribution in [-0.2, 0) is 9.53 Å². The average molecular weight is 411 g/mol. The van der Waals surface area contributed by atoms with Gasteiger partial charge in [0, 0.05) is 18.8 Å². The van der Waals surface area contributed by atoms with Crippen molar-refractivity contribution < 1.29 is 14.3 Å². The smallest absolute Gasteiger partial charge is 0.318 e. The fourth-order valence-corrected chi connectivity index (χ4v) is 4.25. The molecule has 29 heavy (non-hydrogen) atoms. The van der Waals surface area contributed by atoms with Gasteiger partial charge in [-0.3, -0.25) is 10.1 Å². The number of urea groups is 1. The molecule has 0 saturated carbocycles. The third kappa shape index (κ3) is 4.47. The fourth-order valence-electron chi connectivity index (χ4n) is 3.20. The molecule has 2 aromatic carbocycles. The first kappa shape index (κ1) is 19.2. The Bertz CT molecular complexity index is 1020. The molecule has 4 rings (SSSR count). The summed E-state index contributed by atoms with van der Waals surface area (Å²) in [6.07, 6.45) is 0. The Morgan fingerprint density at radius 2 is 1.90 bits per heavy atom. The van der Waals surface area contributed by atoms with Crippen LogP contribution in [0.5, 0.6) is 0 Å². The number of rotatable bonds is 5. The second-order valence-electron chi connectivity index (χ2n) is 6.62. The van der Waals surface area contributed by atoms with Crippen molar-refractivity contribution >= 4 is 44.3 Å². The molecule has 1 aliphatic rings. The zero-order chi connectivity index (χ0) is 20.2. The summed E-state index contributed by atoms with van der Waals surface area (Å²) in [6.45, 7) is 3.06. The van der Waals surface area contributed by atoms with Crippen LogP contribution in [0.15, 0.2) is 48.5 Å². The third-order valence-electron chi connectivity index (χ3n) is 4.61. The Labute approximate surface area is 171 Å². The summed E-state index contributed by atoms with van der Waals surface area (Å²) in [6, 6.07) is 13.3. The number of amides is 3. The second-order valence-corrected chi connectivity index (χ2v) is 7.63. The Morgan fingerprint density at radius 3 is 2.62 bits per heavy atom. The first-order valence-electron chi connectivity index (χ1n) is 9.25. The number of carbonyl (C=O) groups excluding carboxylic acids is 2. The molecule has 0 bridgehead atoms. The van der Waals surface area contributed by atoms with Gasteiger partial charge in [0.15, 0.2) is 5.13 Å². The quantitative estimate of drug-likeness (QED) is 0.595. The SMILES string of the molecule is NC(=O)NC(=O)C(Nc1ccc2nc(N3CCOCC3)sc2c1)c1ccccc1. The molecule has 1 fully saturated rings. The molecule has 1 aromatic heterocycles. The average Bonchev–Trinajstić information content (AvgIpc) is 3.16. The van der Waals surface area contributed by atoms with Crippen molar-refractivity contribution in [3.8, 4) is 0 Å². The number of ether oxygens (including phenoxy) is 1. The molecule has 2 heterocycles. The van der Waals surface area contributed by atoms with Gasteiger partial charge in [-0.05, 0) is 23.8 Å². The van der Waals surface area contributed by atoms with E-state index in [0.29, 0.717) is 13.2 Å². The Morgan fingerprint density at radius 1 is 1.14 bits per heavy atom. The highest BCUT2D eigenvalue weighted by Crippen LogP contribution is 2.32. The van der Waals surface area contributed by atoms with E-state index in [2.05, 4.69) is 15.5 Å². The summed E-state index contributed by atoms with van der Waals surface area (Å²) >= 11 is 1.60. The molecule has 0 spiro atoms. The van der Waals surface area contributed by atoms with Gasteiger partial charge >= 0.3 is 6.03 Å². The van der Waals surface area contributed by atoms with Crippen molar-refractivity contribution in [2.24, 2.45) is 5.73 Å². The number of hydrogen-bond acceptors (Lipinski definition) is 7. The highest BCUT2D eigenvalue weighted by atomic mass is 32.1. The number of aromatic nitrogens is 1. The molecule has 3 amide bonds. The van der Waals surface area contributed by atoms with E-state index in [0.717, 1.165) is 39.7 Å². The van der Waals surface area contributed by atoms with Gasteiger partial charge in [-0.2, -0.15) is 0 Å². The van der Waals surface area contributed by atoms with Gasteiger partial charge in [0.2, 0.25) is 0 Å². The minimum Gasteiger partial charge on any atom is -0.378 e. The molecule has 1 atom stereocenters. The number of anilines is 2. The summed E-state index contributed by atoms with van der Waals surface area (Å²) in [5, 5.41) is 6.33. The van der Waals surface area contributed by atoms with Crippen LogP contribution in [-0.4, -0.2) is 43.2 Å². The van der Waals surface area contributed by atoms with Crippen molar-refractivity contribution in [1.82, 2.24) is 10.3 Å². The van der Waals surface area contributed by atoms with E-state index in [-0.39, 0.29) is 0 Å². The van der Waals surface area contributed by atoms with Crippen LogP contribution in [0, 0.1) is 0 Å². The fraction of sp³-hybridized carbons (Fsp3) is 0.250. The van der Waals surface area contributed by atoms with Crippen molar-refractivity contribution in [3.63, 3.8) is 0 Å². The van der Waals surface area contributed by atoms with Gasteiger partial charge in [0.25, 0.3) is 5.91 Å². The topological polar surface area (TPSA) is 110 Å². The number of nitrogens with one attached hydrogen (secondary N) is 2. The molecule has 3 aromatic rings. The number of imide groups is 1. The summed E-state index contributed by atoms with van der Waals surface area (Å²) in [4.78, 5) is 30.6. The molecule has 150 valence electrons. The maximum absolute atomic E-state index is 12.5. The molecular formula is C20H21N5O3S.